The van der Waals surface area contributed by atoms with E-state index in [0.29, 0.717) is 17.9 Å². The van der Waals surface area contributed by atoms with Crippen molar-refractivity contribution in [2.24, 2.45) is 5.92 Å². The molecule has 1 aromatic carbocycles. The third kappa shape index (κ3) is 3.58. The van der Waals surface area contributed by atoms with Crippen LogP contribution in [0.4, 0.5) is 0 Å². The topological polar surface area (TPSA) is 15.3 Å². The zero-order chi connectivity index (χ0) is 13.8. The maximum absolute atomic E-state index is 3.44. The summed E-state index contributed by atoms with van der Waals surface area (Å²) in [6.07, 6.45) is 0. The van der Waals surface area contributed by atoms with E-state index < -0.39 is 0 Å². The lowest BCUT2D eigenvalue weighted by Crippen LogP contribution is -2.46. The maximum atomic E-state index is 3.44. The lowest BCUT2D eigenvalue weighted by atomic mass is 9.92. The normalized spacial score (nSPS) is 19.1. The number of nitrogens with zero attached hydrogens (tertiary/aromatic N) is 1. The second-order valence-corrected chi connectivity index (χ2v) is 6.30. The van der Waals surface area contributed by atoms with Crippen molar-refractivity contribution < 1.29 is 0 Å². The molecule has 19 heavy (non-hydrogen) atoms. The Kier molecular flexibility index (Phi) is 5.00. The Labute approximate surface area is 118 Å². The van der Waals surface area contributed by atoms with Crippen molar-refractivity contribution in [1.82, 2.24) is 10.2 Å². The van der Waals surface area contributed by atoms with Crippen LogP contribution < -0.4 is 5.32 Å². The van der Waals surface area contributed by atoms with Gasteiger partial charge in [-0.15, -0.1) is 0 Å². The van der Waals surface area contributed by atoms with E-state index in [1.54, 1.807) is 0 Å². The largest absolute Gasteiger partial charge is 0.314 e. The molecule has 1 unspecified atom stereocenters. The molecule has 106 valence electrons. The van der Waals surface area contributed by atoms with E-state index in [0.717, 1.165) is 26.2 Å². The summed E-state index contributed by atoms with van der Waals surface area (Å²) in [6, 6.07) is 9.84. The van der Waals surface area contributed by atoms with Gasteiger partial charge >= 0.3 is 0 Å². The summed E-state index contributed by atoms with van der Waals surface area (Å²) < 4.78 is 0. The second kappa shape index (κ2) is 6.53. The molecule has 1 aliphatic rings. The van der Waals surface area contributed by atoms with Crippen molar-refractivity contribution in [1.29, 1.82) is 0 Å². The zero-order valence-electron chi connectivity index (χ0n) is 12.8. The van der Waals surface area contributed by atoms with Crippen molar-refractivity contribution in [2.75, 3.05) is 26.2 Å². The first-order valence-electron chi connectivity index (χ1n) is 7.64. The van der Waals surface area contributed by atoms with Gasteiger partial charge in [0, 0.05) is 32.2 Å². The van der Waals surface area contributed by atoms with Gasteiger partial charge in [-0.2, -0.15) is 0 Å². The molecule has 0 spiro atoms. The van der Waals surface area contributed by atoms with E-state index >= 15 is 0 Å². The lowest BCUT2D eigenvalue weighted by molar-refractivity contribution is 0.137. The van der Waals surface area contributed by atoms with Gasteiger partial charge in [0.1, 0.15) is 0 Å². The highest BCUT2D eigenvalue weighted by Gasteiger charge is 2.24. The predicted octanol–water partition coefficient (Wildman–Crippen LogP) is 3.41. The van der Waals surface area contributed by atoms with Crippen LogP contribution in [0.5, 0.6) is 0 Å². The van der Waals surface area contributed by atoms with Crippen molar-refractivity contribution >= 4 is 0 Å². The Morgan fingerprint density at radius 2 is 1.42 bits per heavy atom. The molecular formula is C17H28N2. The van der Waals surface area contributed by atoms with Gasteiger partial charge in [0.2, 0.25) is 0 Å². The van der Waals surface area contributed by atoms with Crippen molar-refractivity contribution in [2.45, 2.75) is 39.7 Å². The van der Waals surface area contributed by atoms with Crippen LogP contribution in [0.25, 0.3) is 0 Å². The minimum Gasteiger partial charge on any atom is -0.314 e. The van der Waals surface area contributed by atoms with E-state index in [-0.39, 0.29) is 0 Å². The third-order valence-corrected chi connectivity index (χ3v) is 4.12. The Hall–Kier alpha value is -0.860. The fourth-order valence-corrected chi connectivity index (χ4v) is 3.06. The van der Waals surface area contributed by atoms with Crippen LogP contribution in [0.2, 0.25) is 0 Å². The van der Waals surface area contributed by atoms with Gasteiger partial charge in [0.25, 0.3) is 0 Å². The van der Waals surface area contributed by atoms with Crippen LogP contribution >= 0.6 is 0 Å². The number of benzene rings is 1. The van der Waals surface area contributed by atoms with Crippen LogP contribution in [-0.2, 0) is 0 Å². The Morgan fingerprint density at radius 3 is 1.89 bits per heavy atom. The Bertz CT molecular complexity index is 375. The van der Waals surface area contributed by atoms with Gasteiger partial charge in [-0.3, -0.25) is 4.90 Å². The first kappa shape index (κ1) is 14.5. The van der Waals surface area contributed by atoms with Crippen LogP contribution in [0.15, 0.2) is 24.3 Å². The average Bonchev–Trinajstić information content (AvgIpc) is 2.40. The molecule has 1 atom stereocenters. The summed E-state index contributed by atoms with van der Waals surface area (Å²) in [5.41, 5.74) is 2.91. The number of nitrogens with one attached hydrogen (secondary N) is 1. The molecule has 1 aliphatic heterocycles. The zero-order valence-corrected chi connectivity index (χ0v) is 12.8. The number of hydrogen-bond acceptors (Lipinski definition) is 2. The molecule has 1 heterocycles. The minimum atomic E-state index is 0.559. The third-order valence-electron chi connectivity index (χ3n) is 4.12. The predicted molar refractivity (Wildman–Crippen MR) is 82.6 cm³/mol. The smallest absolute Gasteiger partial charge is 0.0372 e. The molecule has 0 saturated carbocycles. The highest BCUT2D eigenvalue weighted by atomic mass is 15.2. The number of piperazine rings is 1. The van der Waals surface area contributed by atoms with Gasteiger partial charge in [0.05, 0.1) is 0 Å². The summed E-state index contributed by atoms with van der Waals surface area (Å²) in [5, 5.41) is 3.44. The van der Waals surface area contributed by atoms with Crippen LogP contribution in [0.1, 0.15) is 50.8 Å². The fraction of sp³-hybridized carbons (Fsp3) is 0.647. The molecule has 2 heteroatoms. The molecule has 2 rings (SSSR count). The van der Waals surface area contributed by atoms with Crippen LogP contribution in [-0.4, -0.2) is 31.1 Å². The molecule has 0 bridgehead atoms. The molecule has 1 aromatic rings. The van der Waals surface area contributed by atoms with Crippen LogP contribution in [0, 0.1) is 5.92 Å². The summed E-state index contributed by atoms with van der Waals surface area (Å²) in [4.78, 5) is 2.63. The standard InChI is InChI=1S/C17H28N2/c1-13(2)15-5-7-16(8-6-15)17(14(3)4)19-11-9-18-10-12-19/h5-8,13-14,17-18H,9-12H2,1-4H3. The van der Waals surface area contributed by atoms with Crippen molar-refractivity contribution in [3.05, 3.63) is 35.4 Å². The molecule has 0 amide bonds. The second-order valence-electron chi connectivity index (χ2n) is 6.30. The van der Waals surface area contributed by atoms with E-state index in [9.17, 15) is 0 Å². The Morgan fingerprint density at radius 1 is 0.895 bits per heavy atom. The van der Waals surface area contributed by atoms with Crippen LogP contribution in [0.3, 0.4) is 0 Å². The number of rotatable bonds is 4. The summed E-state index contributed by atoms with van der Waals surface area (Å²) in [7, 11) is 0. The van der Waals surface area contributed by atoms with E-state index in [1.165, 1.54) is 11.1 Å². The molecule has 1 fully saturated rings. The molecular weight excluding hydrogens is 232 g/mol. The van der Waals surface area contributed by atoms with Gasteiger partial charge in [0.15, 0.2) is 0 Å². The molecule has 0 radical (unpaired) electrons. The summed E-state index contributed by atoms with van der Waals surface area (Å²) in [6.45, 7) is 13.7. The molecule has 0 aliphatic carbocycles. The van der Waals surface area contributed by atoms with Crippen molar-refractivity contribution in [3.8, 4) is 0 Å². The van der Waals surface area contributed by atoms with Gasteiger partial charge in [-0.25, -0.2) is 0 Å². The average molecular weight is 260 g/mol. The summed E-state index contributed by atoms with van der Waals surface area (Å²) in [5.74, 6) is 1.27. The van der Waals surface area contributed by atoms with Gasteiger partial charge < -0.3 is 5.32 Å². The monoisotopic (exact) mass is 260 g/mol. The molecule has 0 aromatic heterocycles. The molecule has 2 nitrogen and oxygen atoms in total. The highest BCUT2D eigenvalue weighted by molar-refractivity contribution is 5.27. The minimum absolute atomic E-state index is 0.559. The highest BCUT2D eigenvalue weighted by Crippen LogP contribution is 2.29. The van der Waals surface area contributed by atoms with E-state index in [4.69, 9.17) is 0 Å². The SMILES string of the molecule is CC(C)c1ccc(C(C(C)C)N2CCNCC2)cc1. The van der Waals surface area contributed by atoms with Gasteiger partial charge in [-0.05, 0) is 23.0 Å². The first-order valence-corrected chi connectivity index (χ1v) is 7.64. The number of hydrogen-bond donors (Lipinski definition) is 1. The van der Waals surface area contributed by atoms with Gasteiger partial charge in [-0.1, -0.05) is 52.0 Å². The summed E-state index contributed by atoms with van der Waals surface area (Å²) >= 11 is 0. The Balaban J connectivity index is 2.18. The first-order chi connectivity index (χ1) is 9.09. The van der Waals surface area contributed by atoms with E-state index in [1.807, 2.05) is 0 Å². The van der Waals surface area contributed by atoms with E-state index in [2.05, 4.69) is 62.2 Å². The molecule has 1 N–H and O–H groups in total. The van der Waals surface area contributed by atoms with Crippen molar-refractivity contribution in [3.63, 3.8) is 0 Å². The lowest BCUT2D eigenvalue weighted by Gasteiger charge is -2.37. The quantitative estimate of drug-likeness (QED) is 0.892. The molecule has 1 saturated heterocycles. The fourth-order valence-electron chi connectivity index (χ4n) is 3.06. The maximum Gasteiger partial charge on any atom is 0.0372 e.